The molecule has 0 saturated heterocycles. The van der Waals surface area contributed by atoms with Crippen molar-refractivity contribution in [2.24, 2.45) is 0 Å². The van der Waals surface area contributed by atoms with E-state index >= 15 is 4.39 Å². The van der Waals surface area contributed by atoms with Gasteiger partial charge in [-0.25, -0.2) is 9.18 Å². The average molecular weight is 511 g/mol. The lowest BCUT2D eigenvalue weighted by Crippen LogP contribution is -2.19. The number of nitrogens with zero attached hydrogens (tertiary/aromatic N) is 1. The number of carboxylic acid groups (broad SMARTS) is 1. The monoisotopic (exact) mass is 510 g/mol. The van der Waals surface area contributed by atoms with Gasteiger partial charge in [-0.05, 0) is 90.3 Å². The van der Waals surface area contributed by atoms with Crippen LogP contribution in [-0.2, 0) is 4.79 Å². The van der Waals surface area contributed by atoms with Crippen molar-refractivity contribution in [1.29, 1.82) is 0 Å². The van der Waals surface area contributed by atoms with Gasteiger partial charge in [0.1, 0.15) is 11.6 Å². The molecule has 0 aliphatic heterocycles. The Labute approximate surface area is 221 Å². The Bertz CT molecular complexity index is 1490. The fourth-order valence-corrected chi connectivity index (χ4v) is 5.25. The zero-order valence-corrected chi connectivity index (χ0v) is 21.4. The maximum atomic E-state index is 15.9. The molecule has 1 fully saturated rings. The lowest BCUT2D eigenvalue weighted by Gasteiger charge is -2.23. The standard InChI is InChI=1S/C32H31FN2O3/c1-2-26(23-7-6-10-25(19-23)38-24-8-4-3-5-9-24)31(22-14-11-21(12-15-22)13-18-30(36)37)27-16-17-29-28(32(27)33)20-34-35-29/h6-7,10-20,24H,2-5,8-9H2,1H3,(H,34,35)(H,36,37). The third-order valence-corrected chi connectivity index (χ3v) is 7.14. The first-order valence-electron chi connectivity index (χ1n) is 13.2. The molecule has 5 nitrogen and oxygen atoms in total. The van der Waals surface area contributed by atoms with Crippen molar-refractivity contribution in [2.75, 3.05) is 0 Å². The summed E-state index contributed by atoms with van der Waals surface area (Å²) in [5.74, 6) is -0.505. The van der Waals surface area contributed by atoms with Gasteiger partial charge in [0.2, 0.25) is 0 Å². The van der Waals surface area contributed by atoms with Crippen LogP contribution in [0.25, 0.3) is 28.1 Å². The average Bonchev–Trinajstić information content (AvgIpc) is 3.42. The number of allylic oxidation sites excluding steroid dienone is 1. The highest BCUT2D eigenvalue weighted by molar-refractivity contribution is 6.01. The Morgan fingerprint density at radius 1 is 1.08 bits per heavy atom. The first kappa shape index (κ1) is 25.5. The molecule has 0 unspecified atom stereocenters. The van der Waals surface area contributed by atoms with Crippen molar-refractivity contribution < 1.29 is 19.0 Å². The number of benzene rings is 3. The number of aliphatic carboxylic acids is 1. The molecule has 6 heteroatoms. The number of nitrogens with one attached hydrogen (secondary N) is 1. The van der Waals surface area contributed by atoms with Gasteiger partial charge in [0.25, 0.3) is 0 Å². The van der Waals surface area contributed by atoms with E-state index < -0.39 is 5.97 Å². The highest BCUT2D eigenvalue weighted by Crippen LogP contribution is 2.38. The fourth-order valence-electron chi connectivity index (χ4n) is 5.25. The van der Waals surface area contributed by atoms with Gasteiger partial charge in [0, 0.05) is 11.6 Å². The van der Waals surface area contributed by atoms with Crippen LogP contribution in [0, 0.1) is 5.82 Å². The van der Waals surface area contributed by atoms with Crippen LogP contribution in [0.5, 0.6) is 5.75 Å². The second-order valence-corrected chi connectivity index (χ2v) is 9.66. The largest absolute Gasteiger partial charge is 0.490 e. The Morgan fingerprint density at radius 3 is 2.61 bits per heavy atom. The molecule has 4 aromatic rings. The number of halogens is 1. The van der Waals surface area contributed by atoms with E-state index in [0.29, 0.717) is 22.9 Å². The van der Waals surface area contributed by atoms with Crippen LogP contribution >= 0.6 is 0 Å². The quantitative estimate of drug-likeness (QED) is 0.187. The van der Waals surface area contributed by atoms with Gasteiger partial charge in [-0.3, -0.25) is 5.10 Å². The molecule has 0 spiro atoms. The summed E-state index contributed by atoms with van der Waals surface area (Å²) in [6, 6.07) is 19.3. The first-order valence-corrected chi connectivity index (χ1v) is 13.2. The van der Waals surface area contributed by atoms with Crippen LogP contribution in [0.2, 0.25) is 0 Å². The third kappa shape index (κ3) is 5.54. The minimum Gasteiger partial charge on any atom is -0.490 e. The fraction of sp³-hybridized carbons (Fsp3) is 0.250. The molecule has 0 amide bonds. The van der Waals surface area contributed by atoms with Gasteiger partial charge in [-0.2, -0.15) is 5.10 Å². The van der Waals surface area contributed by atoms with E-state index in [1.54, 1.807) is 12.1 Å². The van der Waals surface area contributed by atoms with Crippen LogP contribution < -0.4 is 4.74 Å². The molecule has 5 rings (SSSR count). The molecule has 1 aliphatic carbocycles. The second-order valence-electron chi connectivity index (χ2n) is 9.66. The van der Waals surface area contributed by atoms with Gasteiger partial charge < -0.3 is 9.84 Å². The van der Waals surface area contributed by atoms with Crippen LogP contribution in [0.1, 0.15) is 67.7 Å². The maximum Gasteiger partial charge on any atom is 0.328 e. The molecule has 1 saturated carbocycles. The molecule has 194 valence electrons. The molecule has 3 aromatic carbocycles. The highest BCUT2D eigenvalue weighted by atomic mass is 19.1. The molecule has 1 aromatic heterocycles. The highest BCUT2D eigenvalue weighted by Gasteiger charge is 2.20. The molecule has 1 heterocycles. The Kier molecular flexibility index (Phi) is 7.68. The van der Waals surface area contributed by atoms with E-state index in [9.17, 15) is 4.79 Å². The predicted octanol–water partition coefficient (Wildman–Crippen LogP) is 7.88. The van der Waals surface area contributed by atoms with Crippen molar-refractivity contribution in [3.05, 3.63) is 101 Å². The van der Waals surface area contributed by atoms with E-state index in [1.165, 1.54) is 25.5 Å². The van der Waals surface area contributed by atoms with Gasteiger partial charge >= 0.3 is 5.97 Å². The molecule has 38 heavy (non-hydrogen) atoms. The first-order chi connectivity index (χ1) is 18.5. The minimum absolute atomic E-state index is 0.236. The molecular weight excluding hydrogens is 479 g/mol. The minimum atomic E-state index is -1.01. The lowest BCUT2D eigenvalue weighted by atomic mass is 9.87. The number of hydrogen-bond acceptors (Lipinski definition) is 3. The van der Waals surface area contributed by atoms with Crippen molar-refractivity contribution >= 4 is 34.1 Å². The number of H-pyrrole nitrogens is 1. The van der Waals surface area contributed by atoms with Gasteiger partial charge in [0.15, 0.2) is 0 Å². The molecule has 0 radical (unpaired) electrons. The molecule has 0 bridgehead atoms. The van der Waals surface area contributed by atoms with E-state index in [-0.39, 0.29) is 11.9 Å². The van der Waals surface area contributed by atoms with Crippen LogP contribution in [0.3, 0.4) is 0 Å². The molecule has 1 aliphatic rings. The number of aromatic amines is 1. The number of carboxylic acids is 1. The number of fused-ring (bicyclic) bond motifs is 1. The maximum absolute atomic E-state index is 15.9. The van der Waals surface area contributed by atoms with Crippen molar-refractivity contribution in [1.82, 2.24) is 10.2 Å². The Balaban J connectivity index is 1.63. The Morgan fingerprint density at radius 2 is 1.87 bits per heavy atom. The van der Waals surface area contributed by atoms with Crippen LogP contribution in [0.15, 0.2) is 72.9 Å². The van der Waals surface area contributed by atoms with Crippen LogP contribution in [0.4, 0.5) is 4.39 Å². The number of hydrogen-bond donors (Lipinski definition) is 2. The van der Waals surface area contributed by atoms with Crippen molar-refractivity contribution in [2.45, 2.75) is 51.6 Å². The predicted molar refractivity (Wildman–Crippen MR) is 149 cm³/mol. The van der Waals surface area contributed by atoms with Crippen molar-refractivity contribution in [3.8, 4) is 5.75 Å². The van der Waals surface area contributed by atoms with Gasteiger partial charge in [-0.1, -0.05) is 49.7 Å². The number of aromatic nitrogens is 2. The van der Waals surface area contributed by atoms with E-state index in [0.717, 1.165) is 52.5 Å². The summed E-state index contributed by atoms with van der Waals surface area (Å²) in [6.07, 6.45) is 10.9. The molecule has 2 N–H and O–H groups in total. The van der Waals surface area contributed by atoms with Gasteiger partial charge in [0.05, 0.1) is 23.2 Å². The third-order valence-electron chi connectivity index (χ3n) is 7.14. The van der Waals surface area contributed by atoms with Gasteiger partial charge in [-0.15, -0.1) is 0 Å². The summed E-state index contributed by atoms with van der Waals surface area (Å²) in [4.78, 5) is 10.9. The summed E-state index contributed by atoms with van der Waals surface area (Å²) in [5, 5.41) is 16.3. The van der Waals surface area contributed by atoms with E-state index in [1.807, 2.05) is 48.5 Å². The zero-order valence-electron chi connectivity index (χ0n) is 21.4. The number of ether oxygens (including phenoxy) is 1. The normalized spacial score (nSPS) is 15.1. The summed E-state index contributed by atoms with van der Waals surface area (Å²) >= 11 is 0. The molecule has 0 atom stereocenters. The second kappa shape index (κ2) is 11.5. The number of rotatable bonds is 8. The Hall–Kier alpha value is -4.19. The lowest BCUT2D eigenvalue weighted by molar-refractivity contribution is -0.131. The molecular formula is C32H31FN2O3. The SMILES string of the molecule is CCC(=C(c1ccc(C=CC(=O)O)cc1)c1ccc2[nH]ncc2c1F)c1cccc(OC2CCCCC2)c1. The van der Waals surface area contributed by atoms with E-state index in [2.05, 4.69) is 23.2 Å². The van der Waals surface area contributed by atoms with Crippen molar-refractivity contribution in [3.63, 3.8) is 0 Å². The number of carbonyl (C=O) groups is 1. The summed E-state index contributed by atoms with van der Waals surface area (Å²) < 4.78 is 22.3. The summed E-state index contributed by atoms with van der Waals surface area (Å²) in [5.41, 5.74) is 5.49. The van der Waals surface area contributed by atoms with Crippen LogP contribution in [-0.4, -0.2) is 27.4 Å². The topological polar surface area (TPSA) is 75.2 Å². The summed E-state index contributed by atoms with van der Waals surface area (Å²) in [7, 11) is 0. The summed E-state index contributed by atoms with van der Waals surface area (Å²) in [6.45, 7) is 2.07. The van der Waals surface area contributed by atoms with E-state index in [4.69, 9.17) is 9.84 Å². The zero-order chi connectivity index (χ0) is 26.5. The smallest absolute Gasteiger partial charge is 0.328 e.